The number of halogens is 1. The van der Waals surface area contributed by atoms with Gasteiger partial charge >= 0.3 is 0 Å². The van der Waals surface area contributed by atoms with Crippen LogP contribution >= 0.6 is 11.6 Å². The number of rotatable bonds is 8. The summed E-state index contributed by atoms with van der Waals surface area (Å²) in [7, 11) is -3.52. The molecule has 4 aromatic rings. The third-order valence-corrected chi connectivity index (χ3v) is 6.90. The summed E-state index contributed by atoms with van der Waals surface area (Å²) in [5, 5.41) is 1.77. The molecular weight excluding hydrogens is 416 g/mol. The van der Waals surface area contributed by atoms with Crippen LogP contribution in [0.25, 0.3) is 10.9 Å². The highest BCUT2D eigenvalue weighted by Gasteiger charge is 2.12. The van der Waals surface area contributed by atoms with Gasteiger partial charge in [-0.05, 0) is 65.8 Å². The van der Waals surface area contributed by atoms with Gasteiger partial charge < -0.3 is 4.57 Å². The van der Waals surface area contributed by atoms with E-state index in [1.54, 1.807) is 12.1 Å². The number of hydrogen-bond donors (Lipinski definition) is 1. The minimum Gasteiger partial charge on any atom is -0.347 e. The van der Waals surface area contributed by atoms with Gasteiger partial charge in [0.25, 0.3) is 0 Å². The molecular formula is C24H23ClN2O2S. The second-order valence-corrected chi connectivity index (χ2v) is 9.44. The summed E-state index contributed by atoms with van der Waals surface area (Å²) in [6, 6.07) is 25.1. The van der Waals surface area contributed by atoms with E-state index in [9.17, 15) is 8.42 Å². The molecule has 0 spiro atoms. The predicted octanol–water partition coefficient (Wildman–Crippen LogP) is 5.06. The first-order chi connectivity index (χ1) is 14.5. The number of hydrogen-bond acceptors (Lipinski definition) is 2. The molecule has 0 radical (unpaired) electrons. The highest BCUT2D eigenvalue weighted by molar-refractivity contribution is 7.89. The van der Waals surface area contributed by atoms with E-state index in [0.29, 0.717) is 18.0 Å². The van der Waals surface area contributed by atoms with E-state index < -0.39 is 10.0 Å². The van der Waals surface area contributed by atoms with E-state index >= 15 is 0 Å². The summed E-state index contributed by atoms with van der Waals surface area (Å²) in [4.78, 5) is 0.222. The van der Waals surface area contributed by atoms with Crippen molar-refractivity contribution in [2.24, 2.45) is 0 Å². The molecule has 0 saturated heterocycles. The van der Waals surface area contributed by atoms with Gasteiger partial charge in [-0.2, -0.15) is 0 Å². The zero-order chi connectivity index (χ0) is 21.0. The van der Waals surface area contributed by atoms with Gasteiger partial charge in [-0.3, -0.25) is 0 Å². The van der Waals surface area contributed by atoms with Crippen LogP contribution < -0.4 is 4.72 Å². The van der Waals surface area contributed by atoms with Crippen molar-refractivity contribution in [3.05, 3.63) is 101 Å². The number of aromatic nitrogens is 1. The van der Waals surface area contributed by atoms with Gasteiger partial charge in [0.05, 0.1) is 4.90 Å². The van der Waals surface area contributed by atoms with E-state index in [0.717, 1.165) is 18.5 Å². The lowest BCUT2D eigenvalue weighted by Gasteiger charge is -2.09. The normalized spacial score (nSPS) is 11.8. The Morgan fingerprint density at radius 1 is 0.800 bits per heavy atom. The van der Waals surface area contributed by atoms with Crippen LogP contribution in [0, 0.1) is 0 Å². The van der Waals surface area contributed by atoms with Crippen molar-refractivity contribution in [3.63, 3.8) is 0 Å². The van der Waals surface area contributed by atoms with Crippen LogP contribution in [0.2, 0.25) is 5.02 Å². The number of para-hydroxylation sites is 1. The molecule has 1 N–H and O–H groups in total. The quantitative estimate of drug-likeness (QED) is 0.418. The second kappa shape index (κ2) is 9.04. The molecule has 30 heavy (non-hydrogen) atoms. The van der Waals surface area contributed by atoms with E-state index in [-0.39, 0.29) is 4.90 Å². The average molecular weight is 439 g/mol. The largest absolute Gasteiger partial charge is 0.347 e. The number of nitrogens with one attached hydrogen (secondary N) is 1. The van der Waals surface area contributed by atoms with Gasteiger partial charge in [-0.1, -0.05) is 54.1 Å². The first-order valence-corrected chi connectivity index (χ1v) is 11.7. The smallest absolute Gasteiger partial charge is 0.240 e. The molecule has 4 nitrogen and oxygen atoms in total. The van der Waals surface area contributed by atoms with Crippen LogP contribution in [-0.4, -0.2) is 19.5 Å². The van der Waals surface area contributed by atoms with Crippen molar-refractivity contribution in [1.29, 1.82) is 0 Å². The van der Waals surface area contributed by atoms with E-state index in [2.05, 4.69) is 70.1 Å². The molecule has 3 aromatic carbocycles. The lowest BCUT2D eigenvalue weighted by molar-refractivity contribution is 0.581. The van der Waals surface area contributed by atoms with Crippen LogP contribution in [-0.2, 0) is 29.4 Å². The van der Waals surface area contributed by atoms with Crippen molar-refractivity contribution in [2.45, 2.75) is 24.3 Å². The Hall–Kier alpha value is -2.60. The summed E-state index contributed by atoms with van der Waals surface area (Å²) in [6.45, 7) is 1.27. The molecule has 0 amide bonds. The Morgan fingerprint density at radius 3 is 2.20 bits per heavy atom. The molecule has 1 aromatic heterocycles. The second-order valence-electron chi connectivity index (χ2n) is 7.24. The molecule has 0 fully saturated rings. The molecule has 154 valence electrons. The molecule has 6 heteroatoms. The van der Waals surface area contributed by atoms with Gasteiger partial charge in [-0.15, -0.1) is 0 Å². The maximum Gasteiger partial charge on any atom is 0.240 e. The first kappa shape index (κ1) is 20.7. The number of fused-ring (bicyclic) bond motifs is 1. The minimum atomic E-state index is -3.52. The van der Waals surface area contributed by atoms with E-state index in [1.165, 1.54) is 28.6 Å². The monoisotopic (exact) mass is 438 g/mol. The lowest BCUT2D eigenvalue weighted by Crippen LogP contribution is -2.25. The Balaban J connectivity index is 1.30. The van der Waals surface area contributed by atoms with Gasteiger partial charge in [0.1, 0.15) is 0 Å². The van der Waals surface area contributed by atoms with Crippen molar-refractivity contribution in [1.82, 2.24) is 9.29 Å². The third-order valence-electron chi connectivity index (χ3n) is 5.17. The van der Waals surface area contributed by atoms with Crippen LogP contribution in [0.15, 0.2) is 90.0 Å². The third kappa shape index (κ3) is 4.93. The van der Waals surface area contributed by atoms with Gasteiger partial charge in [0, 0.05) is 29.8 Å². The van der Waals surface area contributed by atoms with Crippen LogP contribution in [0.5, 0.6) is 0 Å². The fourth-order valence-corrected chi connectivity index (χ4v) is 4.64. The fourth-order valence-electron chi connectivity index (χ4n) is 3.48. The SMILES string of the molecule is O=S(=O)(NCCc1ccc(CCn2ccc3ccccc32)cc1)c1ccc(Cl)cc1. The summed E-state index contributed by atoms with van der Waals surface area (Å²) in [5.41, 5.74) is 3.62. The van der Waals surface area contributed by atoms with Gasteiger partial charge in [0.15, 0.2) is 0 Å². The summed E-state index contributed by atoms with van der Waals surface area (Å²) < 4.78 is 29.6. The highest BCUT2D eigenvalue weighted by Crippen LogP contribution is 2.17. The number of benzene rings is 3. The maximum absolute atomic E-state index is 12.3. The van der Waals surface area contributed by atoms with Crippen molar-refractivity contribution in [2.75, 3.05) is 6.54 Å². The average Bonchev–Trinajstić information content (AvgIpc) is 3.17. The van der Waals surface area contributed by atoms with Crippen LogP contribution in [0.3, 0.4) is 0 Å². The molecule has 1 heterocycles. The van der Waals surface area contributed by atoms with Crippen LogP contribution in [0.1, 0.15) is 11.1 Å². The van der Waals surface area contributed by atoms with Gasteiger partial charge in [-0.25, -0.2) is 13.1 Å². The molecule has 0 aliphatic carbocycles. The standard InChI is InChI=1S/C24H23ClN2O2S/c25-22-9-11-23(12-10-22)30(28,29)26-16-13-19-5-7-20(8-6-19)14-17-27-18-15-21-3-1-2-4-24(21)27/h1-12,15,18,26H,13-14,16-17H2. The first-order valence-electron chi connectivity index (χ1n) is 9.88. The number of sulfonamides is 1. The Kier molecular flexibility index (Phi) is 6.23. The van der Waals surface area contributed by atoms with Gasteiger partial charge in [0.2, 0.25) is 10.0 Å². The molecule has 0 aliphatic heterocycles. The predicted molar refractivity (Wildman–Crippen MR) is 122 cm³/mol. The lowest BCUT2D eigenvalue weighted by atomic mass is 10.1. The summed E-state index contributed by atoms with van der Waals surface area (Å²) in [5.74, 6) is 0. The topological polar surface area (TPSA) is 51.1 Å². The summed E-state index contributed by atoms with van der Waals surface area (Å²) in [6.07, 6.45) is 3.71. The zero-order valence-electron chi connectivity index (χ0n) is 16.5. The van der Waals surface area contributed by atoms with Crippen molar-refractivity contribution < 1.29 is 8.42 Å². The van der Waals surface area contributed by atoms with Crippen molar-refractivity contribution in [3.8, 4) is 0 Å². The molecule has 0 aliphatic rings. The van der Waals surface area contributed by atoms with E-state index in [4.69, 9.17) is 11.6 Å². The Morgan fingerprint density at radius 2 is 1.47 bits per heavy atom. The van der Waals surface area contributed by atoms with Crippen molar-refractivity contribution >= 4 is 32.5 Å². The van der Waals surface area contributed by atoms with Crippen LogP contribution in [0.4, 0.5) is 0 Å². The molecule has 0 saturated carbocycles. The maximum atomic E-state index is 12.3. The fraction of sp³-hybridized carbons (Fsp3) is 0.167. The summed E-state index contributed by atoms with van der Waals surface area (Å²) >= 11 is 5.82. The molecule has 4 rings (SSSR count). The highest BCUT2D eigenvalue weighted by atomic mass is 35.5. The number of nitrogens with zero attached hydrogens (tertiary/aromatic N) is 1. The number of aryl methyl sites for hydroxylation is 2. The molecule has 0 bridgehead atoms. The minimum absolute atomic E-state index is 0.222. The Labute approximate surface area is 182 Å². The zero-order valence-corrected chi connectivity index (χ0v) is 18.0. The molecule has 0 unspecified atom stereocenters. The van der Waals surface area contributed by atoms with E-state index in [1.807, 2.05) is 0 Å². The molecule has 0 atom stereocenters. The Bertz CT molecular complexity index is 1230.